The lowest BCUT2D eigenvalue weighted by Gasteiger charge is -2.08. The van der Waals surface area contributed by atoms with Crippen LogP contribution in [0.4, 0.5) is 5.69 Å². The lowest BCUT2D eigenvalue weighted by molar-refractivity contribution is -0.121. The van der Waals surface area contributed by atoms with Crippen molar-refractivity contribution in [3.8, 4) is 0 Å². The molecule has 1 aromatic heterocycles. The molecule has 1 fully saturated rings. The highest BCUT2D eigenvalue weighted by atomic mass is 35.5. The number of amides is 1. The fourth-order valence-electron chi connectivity index (χ4n) is 2.88. The fraction of sp³-hybridized carbons (Fsp3) is 0.0870. The number of benzene rings is 2. The van der Waals surface area contributed by atoms with Crippen LogP contribution in [-0.2, 0) is 4.79 Å². The zero-order valence-electron chi connectivity index (χ0n) is 17.0. The van der Waals surface area contributed by atoms with Crippen LogP contribution in [0.15, 0.2) is 73.6 Å². The fourth-order valence-corrected chi connectivity index (χ4v) is 6.12. The van der Waals surface area contributed by atoms with E-state index in [4.69, 9.17) is 16.7 Å². The number of amidine groups is 1. The Balaban J connectivity index is 1.52. The predicted molar refractivity (Wildman–Crippen MR) is 133 cm³/mol. The second kappa shape index (κ2) is 9.54. The summed E-state index contributed by atoms with van der Waals surface area (Å²) in [6.07, 6.45) is 1.88. The number of thiophene rings is 1. The van der Waals surface area contributed by atoms with Gasteiger partial charge in [-0.1, -0.05) is 23.4 Å². The number of carbonyl (C=O) groups excluding carboxylic acids is 1. The summed E-state index contributed by atoms with van der Waals surface area (Å²) in [6.45, 7) is 1.80. The smallest absolute Gasteiger partial charge is 0.335 e. The van der Waals surface area contributed by atoms with Crippen molar-refractivity contribution in [3.05, 3.63) is 80.5 Å². The number of carboxylic acids is 1. The van der Waals surface area contributed by atoms with Crippen molar-refractivity contribution in [3.63, 3.8) is 0 Å². The molecule has 0 radical (unpaired) electrons. The SMILES string of the molecule is Cc1cc(C(=O)O)ccc1N=C1S/C(=C\c2ccc(Sc3ccc(Cl)cc3)s2)C(=O)N1C. The molecule has 0 spiro atoms. The average molecular weight is 501 g/mol. The molecule has 0 aliphatic carbocycles. The molecule has 1 saturated heterocycles. The van der Waals surface area contributed by atoms with Crippen LogP contribution in [0.2, 0.25) is 5.02 Å². The highest BCUT2D eigenvalue weighted by Gasteiger charge is 2.30. The standard InChI is InChI=1S/C23H17ClN2O3S3/c1-13-11-14(22(28)29)3-9-18(13)25-23-26(2)21(27)19(32-23)12-17-8-10-20(31-17)30-16-6-4-15(24)5-7-16/h3-12H,1-2H3,(H,28,29)/b19-12-,25-23?. The van der Waals surface area contributed by atoms with E-state index < -0.39 is 5.97 Å². The second-order valence-corrected chi connectivity index (χ2v) is 10.8. The minimum Gasteiger partial charge on any atom is -0.478 e. The summed E-state index contributed by atoms with van der Waals surface area (Å²) in [5.41, 5.74) is 1.58. The third kappa shape index (κ3) is 5.10. The van der Waals surface area contributed by atoms with Crippen molar-refractivity contribution in [1.29, 1.82) is 0 Å². The van der Waals surface area contributed by atoms with E-state index in [2.05, 4.69) is 4.99 Å². The number of hydrogen-bond donors (Lipinski definition) is 1. The first-order valence-corrected chi connectivity index (χ1v) is 12.3. The Hall–Kier alpha value is -2.52. The molecule has 9 heteroatoms. The lowest BCUT2D eigenvalue weighted by Crippen LogP contribution is -2.23. The maximum atomic E-state index is 12.7. The minimum atomic E-state index is -0.982. The van der Waals surface area contributed by atoms with Crippen molar-refractivity contribution in [1.82, 2.24) is 4.90 Å². The Morgan fingerprint density at radius 1 is 1.16 bits per heavy atom. The van der Waals surface area contributed by atoms with E-state index in [9.17, 15) is 9.59 Å². The Morgan fingerprint density at radius 3 is 2.59 bits per heavy atom. The third-order valence-corrected chi connectivity index (χ3v) is 8.06. The number of carboxylic acid groups (broad SMARTS) is 1. The molecule has 0 bridgehead atoms. The number of likely N-dealkylation sites (N-methyl/N-ethyl adjacent to an activating group) is 1. The van der Waals surface area contributed by atoms with Crippen LogP contribution in [0.3, 0.4) is 0 Å². The molecule has 4 rings (SSSR count). The third-order valence-electron chi connectivity index (χ3n) is 4.57. The number of halogens is 1. The van der Waals surface area contributed by atoms with Crippen LogP contribution in [0.25, 0.3) is 6.08 Å². The largest absolute Gasteiger partial charge is 0.478 e. The number of thioether (sulfide) groups is 1. The maximum Gasteiger partial charge on any atom is 0.335 e. The molecule has 1 N–H and O–H groups in total. The highest BCUT2D eigenvalue weighted by molar-refractivity contribution is 8.18. The second-order valence-electron chi connectivity index (χ2n) is 6.89. The topological polar surface area (TPSA) is 70.0 Å². The lowest BCUT2D eigenvalue weighted by atomic mass is 10.1. The van der Waals surface area contributed by atoms with Gasteiger partial charge in [0.1, 0.15) is 0 Å². The van der Waals surface area contributed by atoms with Gasteiger partial charge in [-0.2, -0.15) is 0 Å². The molecule has 2 aromatic carbocycles. The van der Waals surface area contributed by atoms with Crippen molar-refractivity contribution in [2.75, 3.05) is 7.05 Å². The summed E-state index contributed by atoms with van der Waals surface area (Å²) in [7, 11) is 1.69. The van der Waals surface area contributed by atoms with Crippen LogP contribution < -0.4 is 0 Å². The number of hydrogen-bond acceptors (Lipinski definition) is 6. The van der Waals surface area contributed by atoms with Crippen molar-refractivity contribution in [2.24, 2.45) is 4.99 Å². The van der Waals surface area contributed by atoms with Gasteiger partial charge in [0.05, 0.1) is 20.4 Å². The number of carbonyl (C=O) groups is 2. The number of aromatic carboxylic acids is 1. The number of aliphatic imine (C=N–C) groups is 1. The van der Waals surface area contributed by atoms with Gasteiger partial charge in [-0.25, -0.2) is 9.79 Å². The first-order chi connectivity index (χ1) is 15.3. The van der Waals surface area contributed by atoms with Crippen LogP contribution in [0.1, 0.15) is 20.8 Å². The Labute approximate surface area is 202 Å². The van der Waals surface area contributed by atoms with E-state index in [1.807, 2.05) is 42.5 Å². The molecule has 3 aromatic rings. The molecule has 0 atom stereocenters. The Morgan fingerprint density at radius 2 is 1.91 bits per heavy atom. The van der Waals surface area contributed by atoms with Gasteiger partial charge >= 0.3 is 5.97 Å². The summed E-state index contributed by atoms with van der Waals surface area (Å²) in [5, 5.41) is 10.4. The van der Waals surface area contributed by atoms with Crippen molar-refractivity contribution >= 4 is 75.3 Å². The van der Waals surface area contributed by atoms with Crippen molar-refractivity contribution in [2.45, 2.75) is 16.0 Å². The van der Waals surface area contributed by atoms with E-state index in [0.717, 1.165) is 19.5 Å². The van der Waals surface area contributed by atoms with Gasteiger partial charge in [-0.15, -0.1) is 11.3 Å². The van der Waals surface area contributed by atoms with Crippen LogP contribution in [0, 0.1) is 6.92 Å². The van der Waals surface area contributed by atoms with E-state index >= 15 is 0 Å². The predicted octanol–water partition coefficient (Wildman–Crippen LogP) is 6.79. The van der Waals surface area contributed by atoms with E-state index in [1.165, 1.54) is 22.7 Å². The quantitative estimate of drug-likeness (QED) is 0.390. The minimum absolute atomic E-state index is 0.117. The van der Waals surface area contributed by atoms with Gasteiger partial charge in [0.25, 0.3) is 5.91 Å². The molecule has 2 heterocycles. The molecule has 162 valence electrons. The first kappa shape index (κ1) is 22.7. The zero-order chi connectivity index (χ0) is 22.8. The molecular weight excluding hydrogens is 484 g/mol. The number of aryl methyl sites for hydroxylation is 1. The van der Waals surface area contributed by atoms with Crippen LogP contribution >= 0.6 is 46.5 Å². The Bertz CT molecular complexity index is 1270. The molecule has 0 saturated carbocycles. The monoisotopic (exact) mass is 500 g/mol. The molecule has 1 amide bonds. The Kier molecular flexibility index (Phi) is 6.76. The van der Waals surface area contributed by atoms with Gasteiger partial charge in [0.2, 0.25) is 0 Å². The summed E-state index contributed by atoms with van der Waals surface area (Å²) in [4.78, 5) is 32.6. The van der Waals surface area contributed by atoms with E-state index in [-0.39, 0.29) is 11.5 Å². The number of nitrogens with zero attached hydrogens (tertiary/aromatic N) is 2. The molecule has 1 aliphatic heterocycles. The molecular formula is C23H17ClN2O3S3. The molecule has 5 nitrogen and oxygen atoms in total. The van der Waals surface area contributed by atoms with Gasteiger partial charge < -0.3 is 5.11 Å². The summed E-state index contributed by atoms with van der Waals surface area (Å²) in [6, 6.07) is 16.5. The summed E-state index contributed by atoms with van der Waals surface area (Å²) in [5.74, 6) is -1.10. The van der Waals surface area contributed by atoms with Crippen molar-refractivity contribution < 1.29 is 14.7 Å². The van der Waals surface area contributed by atoms with Crippen LogP contribution in [-0.4, -0.2) is 34.1 Å². The van der Waals surface area contributed by atoms with Gasteiger partial charge in [-0.05, 0) is 84.9 Å². The highest BCUT2D eigenvalue weighted by Crippen LogP contribution is 2.38. The van der Waals surface area contributed by atoms with Gasteiger partial charge in [0.15, 0.2) is 5.17 Å². The molecule has 32 heavy (non-hydrogen) atoms. The normalized spacial score (nSPS) is 16.3. The zero-order valence-corrected chi connectivity index (χ0v) is 20.2. The van der Waals surface area contributed by atoms with E-state index in [1.54, 1.807) is 49.2 Å². The first-order valence-electron chi connectivity index (χ1n) is 9.43. The average Bonchev–Trinajstić information content (AvgIpc) is 3.31. The summed E-state index contributed by atoms with van der Waals surface area (Å²) >= 11 is 10.5. The van der Waals surface area contributed by atoms with E-state index in [0.29, 0.717) is 20.8 Å². The number of rotatable bonds is 5. The molecule has 0 unspecified atom stereocenters. The maximum absolute atomic E-state index is 12.7. The summed E-state index contributed by atoms with van der Waals surface area (Å²) < 4.78 is 1.12. The van der Waals surface area contributed by atoms with Crippen LogP contribution in [0.5, 0.6) is 0 Å². The van der Waals surface area contributed by atoms with Gasteiger partial charge in [-0.3, -0.25) is 9.69 Å². The molecule has 1 aliphatic rings. The van der Waals surface area contributed by atoms with Gasteiger partial charge in [0, 0.05) is 21.8 Å².